The second kappa shape index (κ2) is 8.71. The molecular formula is C26H23N3O2. The Balaban J connectivity index is 1.70. The van der Waals surface area contributed by atoms with E-state index < -0.39 is 5.97 Å². The highest BCUT2D eigenvalue weighted by atomic mass is 16.4. The number of para-hydroxylation sites is 2. The van der Waals surface area contributed by atoms with E-state index in [1.165, 1.54) is 0 Å². The van der Waals surface area contributed by atoms with Crippen molar-refractivity contribution in [2.24, 2.45) is 5.10 Å². The van der Waals surface area contributed by atoms with Crippen LogP contribution in [0.3, 0.4) is 0 Å². The smallest absolute Gasteiger partial charge is 0.335 e. The second-order valence-corrected chi connectivity index (χ2v) is 7.24. The molecule has 0 aliphatic carbocycles. The van der Waals surface area contributed by atoms with Gasteiger partial charge in [-0.3, -0.25) is 0 Å². The zero-order chi connectivity index (χ0) is 21.8. The van der Waals surface area contributed by atoms with Gasteiger partial charge in [0, 0.05) is 22.6 Å². The minimum atomic E-state index is -0.928. The van der Waals surface area contributed by atoms with E-state index >= 15 is 0 Å². The summed E-state index contributed by atoms with van der Waals surface area (Å²) in [7, 11) is 0. The number of aromatic carboxylic acids is 1. The van der Waals surface area contributed by atoms with Crippen molar-refractivity contribution in [3.63, 3.8) is 0 Å². The van der Waals surface area contributed by atoms with E-state index in [9.17, 15) is 4.79 Å². The highest BCUT2D eigenvalue weighted by molar-refractivity contribution is 5.88. The maximum atomic E-state index is 11.1. The van der Waals surface area contributed by atoms with Crippen molar-refractivity contribution in [3.05, 3.63) is 114 Å². The van der Waals surface area contributed by atoms with Gasteiger partial charge in [0.15, 0.2) is 0 Å². The third kappa shape index (κ3) is 4.26. The molecule has 1 aromatic heterocycles. The van der Waals surface area contributed by atoms with Crippen molar-refractivity contribution in [2.45, 2.75) is 13.8 Å². The average Bonchev–Trinajstić information content (AvgIpc) is 3.08. The minimum Gasteiger partial charge on any atom is -0.478 e. The van der Waals surface area contributed by atoms with Crippen LogP contribution in [0.25, 0.3) is 5.69 Å². The third-order valence-electron chi connectivity index (χ3n) is 5.16. The zero-order valence-electron chi connectivity index (χ0n) is 17.4. The Morgan fingerprint density at radius 1 is 0.871 bits per heavy atom. The molecule has 3 aromatic carbocycles. The molecule has 0 bridgehead atoms. The maximum Gasteiger partial charge on any atom is 0.335 e. The number of benzene rings is 3. The Morgan fingerprint density at radius 2 is 1.42 bits per heavy atom. The van der Waals surface area contributed by atoms with Gasteiger partial charge in [0.2, 0.25) is 0 Å². The van der Waals surface area contributed by atoms with Crippen LogP contribution in [0.5, 0.6) is 0 Å². The van der Waals surface area contributed by atoms with E-state index in [2.05, 4.69) is 10.6 Å². The summed E-state index contributed by atoms with van der Waals surface area (Å²) in [5.41, 5.74) is 6.22. The van der Waals surface area contributed by atoms with E-state index in [0.29, 0.717) is 0 Å². The quantitative estimate of drug-likeness (QED) is 0.315. The molecule has 0 spiro atoms. The average molecular weight is 409 g/mol. The van der Waals surface area contributed by atoms with Crippen LogP contribution in [0.4, 0.5) is 11.4 Å². The summed E-state index contributed by atoms with van der Waals surface area (Å²) in [6.45, 7) is 4.07. The molecular weight excluding hydrogens is 386 g/mol. The molecule has 0 fully saturated rings. The van der Waals surface area contributed by atoms with E-state index in [0.717, 1.165) is 34.0 Å². The largest absolute Gasteiger partial charge is 0.478 e. The molecule has 0 unspecified atom stereocenters. The SMILES string of the molecule is Cc1cc(/C=N/N(c2ccccc2)c2ccccc2)c(C)n1-c1ccc(C(=O)O)cc1. The number of carboxylic acid groups (broad SMARTS) is 1. The van der Waals surface area contributed by atoms with Crippen LogP contribution < -0.4 is 5.01 Å². The van der Waals surface area contributed by atoms with Crippen molar-refractivity contribution in [3.8, 4) is 5.69 Å². The Kier molecular flexibility index (Phi) is 5.67. The number of hydrogen-bond donors (Lipinski definition) is 1. The molecule has 1 N–H and O–H groups in total. The molecule has 0 aliphatic heterocycles. The lowest BCUT2D eigenvalue weighted by molar-refractivity contribution is 0.0697. The summed E-state index contributed by atoms with van der Waals surface area (Å²) < 4.78 is 2.10. The second-order valence-electron chi connectivity index (χ2n) is 7.24. The Bertz CT molecular complexity index is 1170. The summed E-state index contributed by atoms with van der Waals surface area (Å²) >= 11 is 0. The first-order valence-corrected chi connectivity index (χ1v) is 10.0. The number of carbonyl (C=O) groups is 1. The Morgan fingerprint density at radius 3 is 1.94 bits per heavy atom. The van der Waals surface area contributed by atoms with E-state index in [1.807, 2.05) is 97.9 Å². The van der Waals surface area contributed by atoms with Gasteiger partial charge >= 0.3 is 5.97 Å². The topological polar surface area (TPSA) is 57.8 Å². The van der Waals surface area contributed by atoms with Crippen molar-refractivity contribution in [1.29, 1.82) is 0 Å². The first-order valence-electron chi connectivity index (χ1n) is 10.0. The normalized spacial score (nSPS) is 11.0. The number of hydrazone groups is 1. The minimum absolute atomic E-state index is 0.273. The van der Waals surface area contributed by atoms with Crippen LogP contribution in [0, 0.1) is 13.8 Å². The number of rotatable bonds is 6. The molecule has 4 rings (SSSR count). The fraction of sp³-hybridized carbons (Fsp3) is 0.0769. The standard InChI is InChI=1S/C26H23N3O2/c1-19-17-22(20(2)28(19)23-15-13-21(14-16-23)26(30)31)18-27-29(24-9-5-3-6-10-24)25-11-7-4-8-12-25/h3-18H,1-2H3,(H,30,31)/b27-18+. The monoisotopic (exact) mass is 409 g/mol. The maximum absolute atomic E-state index is 11.1. The van der Waals surface area contributed by atoms with Crippen molar-refractivity contribution >= 4 is 23.6 Å². The number of aromatic nitrogens is 1. The summed E-state index contributed by atoms with van der Waals surface area (Å²) in [6.07, 6.45) is 1.87. The first kappa shape index (κ1) is 20.2. The predicted octanol–water partition coefficient (Wildman–Crippen LogP) is 5.96. The zero-order valence-corrected chi connectivity index (χ0v) is 17.4. The molecule has 0 radical (unpaired) electrons. The molecule has 0 atom stereocenters. The number of anilines is 2. The summed E-state index contributed by atoms with van der Waals surface area (Å²) in [5, 5.41) is 15.8. The predicted molar refractivity (Wildman–Crippen MR) is 125 cm³/mol. The molecule has 31 heavy (non-hydrogen) atoms. The summed E-state index contributed by atoms with van der Waals surface area (Å²) in [6, 6.07) is 29.0. The molecule has 5 heteroatoms. The van der Waals surface area contributed by atoms with E-state index in [-0.39, 0.29) is 5.56 Å². The van der Waals surface area contributed by atoms with Crippen LogP contribution in [-0.2, 0) is 0 Å². The highest BCUT2D eigenvalue weighted by Crippen LogP contribution is 2.26. The van der Waals surface area contributed by atoms with Crippen molar-refractivity contribution in [1.82, 2.24) is 4.57 Å². The van der Waals surface area contributed by atoms with Gasteiger partial charge in [0.1, 0.15) is 0 Å². The van der Waals surface area contributed by atoms with Gasteiger partial charge in [-0.25, -0.2) is 9.80 Å². The fourth-order valence-corrected chi connectivity index (χ4v) is 3.61. The van der Waals surface area contributed by atoms with E-state index in [4.69, 9.17) is 10.2 Å². The van der Waals surface area contributed by atoms with Crippen molar-refractivity contribution < 1.29 is 9.90 Å². The lowest BCUT2D eigenvalue weighted by atomic mass is 10.2. The highest BCUT2D eigenvalue weighted by Gasteiger charge is 2.12. The molecule has 0 amide bonds. The lowest BCUT2D eigenvalue weighted by Gasteiger charge is -2.19. The van der Waals surface area contributed by atoms with Gasteiger partial charge < -0.3 is 9.67 Å². The van der Waals surface area contributed by atoms with Gasteiger partial charge in [0.25, 0.3) is 0 Å². The number of aryl methyl sites for hydroxylation is 1. The van der Waals surface area contributed by atoms with Crippen molar-refractivity contribution in [2.75, 3.05) is 5.01 Å². The van der Waals surface area contributed by atoms with Crippen LogP contribution in [-0.4, -0.2) is 21.9 Å². The molecule has 154 valence electrons. The van der Waals surface area contributed by atoms with Crippen LogP contribution >= 0.6 is 0 Å². The van der Waals surface area contributed by atoms with Gasteiger partial charge in [0.05, 0.1) is 23.2 Å². The van der Waals surface area contributed by atoms with Gasteiger partial charge in [-0.2, -0.15) is 5.10 Å². The van der Waals surface area contributed by atoms with Crippen LogP contribution in [0.1, 0.15) is 27.3 Å². The Hall–Kier alpha value is -4.12. The third-order valence-corrected chi connectivity index (χ3v) is 5.16. The molecule has 0 saturated heterocycles. The fourth-order valence-electron chi connectivity index (χ4n) is 3.61. The van der Waals surface area contributed by atoms with E-state index in [1.54, 1.807) is 12.1 Å². The molecule has 4 aromatic rings. The number of hydrogen-bond acceptors (Lipinski definition) is 3. The van der Waals surface area contributed by atoms with Gasteiger partial charge in [-0.05, 0) is 68.4 Å². The lowest BCUT2D eigenvalue weighted by Crippen LogP contribution is -2.09. The van der Waals surface area contributed by atoms with Crippen LogP contribution in [0.2, 0.25) is 0 Å². The molecule has 5 nitrogen and oxygen atoms in total. The van der Waals surface area contributed by atoms with Crippen LogP contribution in [0.15, 0.2) is 96.1 Å². The summed E-state index contributed by atoms with van der Waals surface area (Å²) in [5.74, 6) is -0.928. The molecule has 0 saturated carbocycles. The summed E-state index contributed by atoms with van der Waals surface area (Å²) in [4.78, 5) is 11.1. The van der Waals surface area contributed by atoms with Gasteiger partial charge in [-0.15, -0.1) is 0 Å². The molecule has 0 aliphatic rings. The molecule has 1 heterocycles. The first-order chi connectivity index (χ1) is 15.0. The number of nitrogens with zero attached hydrogens (tertiary/aromatic N) is 3. The van der Waals surface area contributed by atoms with Gasteiger partial charge in [-0.1, -0.05) is 36.4 Å². The number of carboxylic acids is 1. The Labute approximate surface area is 181 Å².